The maximum Gasteiger partial charge on any atom is 0.255 e. The fourth-order valence-corrected chi connectivity index (χ4v) is 4.69. The highest BCUT2D eigenvalue weighted by Gasteiger charge is 2.33. The molecule has 2 unspecified atom stereocenters. The SMILES string of the molecule is O=C(Nc1ccc2[nH]nc(C3CCN4CCCC4C3)c2c1)c1ccccc1. The number of hydrogen-bond donors (Lipinski definition) is 2. The maximum absolute atomic E-state index is 12.5. The molecule has 27 heavy (non-hydrogen) atoms. The highest BCUT2D eigenvalue weighted by molar-refractivity contribution is 6.05. The molecule has 2 aliphatic rings. The van der Waals surface area contributed by atoms with E-state index < -0.39 is 0 Å². The number of benzene rings is 2. The largest absolute Gasteiger partial charge is 0.322 e. The Kier molecular flexibility index (Phi) is 4.17. The number of aromatic nitrogens is 2. The molecule has 5 nitrogen and oxygen atoms in total. The minimum atomic E-state index is -0.0840. The van der Waals surface area contributed by atoms with Gasteiger partial charge in [-0.15, -0.1) is 0 Å². The van der Waals surface area contributed by atoms with Gasteiger partial charge in [0.1, 0.15) is 0 Å². The van der Waals surface area contributed by atoms with Gasteiger partial charge in [-0.25, -0.2) is 0 Å². The number of hydrogen-bond acceptors (Lipinski definition) is 3. The number of piperidine rings is 1. The number of amides is 1. The van der Waals surface area contributed by atoms with Crippen LogP contribution in [0.3, 0.4) is 0 Å². The Morgan fingerprint density at radius 3 is 2.89 bits per heavy atom. The predicted octanol–water partition coefficient (Wildman–Crippen LogP) is 4.16. The first kappa shape index (κ1) is 16.5. The number of anilines is 1. The van der Waals surface area contributed by atoms with Crippen LogP contribution < -0.4 is 5.32 Å². The number of H-pyrrole nitrogens is 1. The van der Waals surface area contributed by atoms with Crippen LogP contribution in [-0.2, 0) is 0 Å². The molecule has 138 valence electrons. The molecule has 1 amide bonds. The van der Waals surface area contributed by atoms with Gasteiger partial charge in [0, 0.05) is 28.6 Å². The Labute approximate surface area is 158 Å². The number of fused-ring (bicyclic) bond motifs is 2. The second kappa shape index (κ2) is 6.82. The fraction of sp³-hybridized carbons (Fsp3) is 0.364. The summed E-state index contributed by atoms with van der Waals surface area (Å²) < 4.78 is 0. The molecule has 1 aromatic heterocycles. The zero-order valence-corrected chi connectivity index (χ0v) is 15.3. The van der Waals surface area contributed by atoms with Crippen molar-refractivity contribution in [2.24, 2.45) is 0 Å². The van der Waals surface area contributed by atoms with Crippen molar-refractivity contribution in [3.05, 3.63) is 59.8 Å². The van der Waals surface area contributed by atoms with Crippen molar-refractivity contribution in [2.45, 2.75) is 37.6 Å². The van der Waals surface area contributed by atoms with Crippen molar-refractivity contribution >= 4 is 22.5 Å². The van der Waals surface area contributed by atoms with Crippen LogP contribution in [0.25, 0.3) is 10.9 Å². The third kappa shape index (κ3) is 3.12. The highest BCUT2D eigenvalue weighted by atomic mass is 16.1. The van der Waals surface area contributed by atoms with Crippen LogP contribution >= 0.6 is 0 Å². The van der Waals surface area contributed by atoms with Crippen LogP contribution in [0.4, 0.5) is 5.69 Å². The quantitative estimate of drug-likeness (QED) is 0.737. The molecule has 0 saturated carbocycles. The lowest BCUT2D eigenvalue weighted by molar-refractivity contribution is 0.102. The monoisotopic (exact) mass is 360 g/mol. The van der Waals surface area contributed by atoms with Crippen LogP contribution in [0.1, 0.15) is 47.7 Å². The minimum absolute atomic E-state index is 0.0840. The Bertz CT molecular complexity index is 965. The van der Waals surface area contributed by atoms with Crippen LogP contribution in [0.2, 0.25) is 0 Å². The molecule has 2 fully saturated rings. The summed E-state index contributed by atoms with van der Waals surface area (Å²) >= 11 is 0. The number of nitrogens with zero attached hydrogens (tertiary/aromatic N) is 2. The van der Waals surface area contributed by atoms with E-state index in [1.807, 2.05) is 42.5 Å². The average molecular weight is 360 g/mol. The third-order valence-corrected chi connectivity index (χ3v) is 6.09. The molecule has 0 spiro atoms. The molecular weight excluding hydrogens is 336 g/mol. The molecular formula is C22H24N4O. The fourth-order valence-electron chi connectivity index (χ4n) is 4.69. The molecule has 5 heteroatoms. The lowest BCUT2D eigenvalue weighted by Crippen LogP contribution is -2.37. The van der Waals surface area contributed by atoms with E-state index in [2.05, 4.69) is 26.5 Å². The summed E-state index contributed by atoms with van der Waals surface area (Å²) in [6.07, 6.45) is 5.00. The molecule has 3 heterocycles. The minimum Gasteiger partial charge on any atom is -0.322 e. The zero-order chi connectivity index (χ0) is 18.2. The summed E-state index contributed by atoms with van der Waals surface area (Å²) in [4.78, 5) is 15.1. The smallest absolute Gasteiger partial charge is 0.255 e. The van der Waals surface area contributed by atoms with E-state index in [-0.39, 0.29) is 5.91 Å². The van der Waals surface area contributed by atoms with Gasteiger partial charge in [-0.3, -0.25) is 9.89 Å². The lowest BCUT2D eigenvalue weighted by atomic mass is 9.87. The summed E-state index contributed by atoms with van der Waals surface area (Å²) in [5.41, 5.74) is 3.68. The second-order valence-corrected chi connectivity index (χ2v) is 7.74. The highest BCUT2D eigenvalue weighted by Crippen LogP contribution is 2.38. The van der Waals surface area contributed by atoms with Crippen molar-refractivity contribution in [2.75, 3.05) is 18.4 Å². The normalized spacial score (nSPS) is 22.7. The number of rotatable bonds is 3. The van der Waals surface area contributed by atoms with Crippen LogP contribution in [0.5, 0.6) is 0 Å². The van der Waals surface area contributed by atoms with E-state index in [0.717, 1.165) is 34.7 Å². The molecule has 2 aliphatic heterocycles. The average Bonchev–Trinajstić information content (AvgIpc) is 3.34. The Balaban J connectivity index is 1.40. The van der Waals surface area contributed by atoms with Gasteiger partial charge in [0.25, 0.3) is 5.91 Å². The molecule has 2 saturated heterocycles. The summed E-state index contributed by atoms with van der Waals surface area (Å²) in [5, 5.41) is 12.0. The van der Waals surface area contributed by atoms with Gasteiger partial charge in [-0.2, -0.15) is 5.10 Å². The van der Waals surface area contributed by atoms with Gasteiger partial charge in [-0.05, 0) is 69.1 Å². The van der Waals surface area contributed by atoms with E-state index in [9.17, 15) is 4.79 Å². The van der Waals surface area contributed by atoms with Gasteiger partial charge < -0.3 is 10.2 Å². The van der Waals surface area contributed by atoms with Gasteiger partial charge in [0.05, 0.1) is 11.2 Å². The van der Waals surface area contributed by atoms with Gasteiger partial charge in [0.15, 0.2) is 0 Å². The Morgan fingerprint density at radius 1 is 1.11 bits per heavy atom. The van der Waals surface area contributed by atoms with E-state index in [1.165, 1.54) is 32.4 Å². The summed E-state index contributed by atoms with van der Waals surface area (Å²) in [6, 6.07) is 16.0. The zero-order valence-electron chi connectivity index (χ0n) is 15.3. The molecule has 5 rings (SSSR count). The molecule has 2 N–H and O–H groups in total. The first-order valence-corrected chi connectivity index (χ1v) is 9.86. The van der Waals surface area contributed by atoms with E-state index in [0.29, 0.717) is 11.5 Å². The first-order valence-electron chi connectivity index (χ1n) is 9.86. The van der Waals surface area contributed by atoms with Crippen LogP contribution in [0.15, 0.2) is 48.5 Å². The first-order chi connectivity index (χ1) is 13.3. The van der Waals surface area contributed by atoms with E-state index >= 15 is 0 Å². The molecule has 3 aromatic rings. The summed E-state index contributed by atoms with van der Waals surface area (Å²) in [6.45, 7) is 2.43. The van der Waals surface area contributed by atoms with E-state index in [1.54, 1.807) is 0 Å². The molecule has 0 aliphatic carbocycles. The summed E-state index contributed by atoms with van der Waals surface area (Å²) in [7, 11) is 0. The second-order valence-electron chi connectivity index (χ2n) is 7.74. The number of carbonyl (C=O) groups excluding carboxylic acids is 1. The number of nitrogens with one attached hydrogen (secondary N) is 2. The number of aromatic amines is 1. The predicted molar refractivity (Wildman–Crippen MR) is 107 cm³/mol. The van der Waals surface area contributed by atoms with Crippen molar-refractivity contribution in [1.82, 2.24) is 15.1 Å². The molecule has 2 aromatic carbocycles. The number of carbonyl (C=O) groups is 1. The van der Waals surface area contributed by atoms with Crippen molar-refractivity contribution in [3.63, 3.8) is 0 Å². The standard InChI is InChI=1S/C22H24N4O/c27-22(15-5-2-1-3-6-15)23-17-8-9-20-19(14-17)21(25-24-20)16-10-12-26-11-4-7-18(26)13-16/h1-3,5-6,8-9,14,16,18H,4,7,10-13H2,(H,23,27)(H,24,25). The lowest BCUT2D eigenvalue weighted by Gasteiger charge is -2.34. The topological polar surface area (TPSA) is 61.0 Å². The molecule has 2 atom stereocenters. The van der Waals surface area contributed by atoms with Crippen molar-refractivity contribution in [3.8, 4) is 0 Å². The molecule has 0 radical (unpaired) electrons. The van der Waals surface area contributed by atoms with Crippen LogP contribution in [0, 0.1) is 0 Å². The third-order valence-electron chi connectivity index (χ3n) is 6.09. The van der Waals surface area contributed by atoms with E-state index in [4.69, 9.17) is 0 Å². The van der Waals surface area contributed by atoms with Gasteiger partial charge in [-0.1, -0.05) is 18.2 Å². The van der Waals surface area contributed by atoms with Crippen LogP contribution in [-0.4, -0.2) is 40.1 Å². The van der Waals surface area contributed by atoms with Crippen molar-refractivity contribution < 1.29 is 4.79 Å². The van der Waals surface area contributed by atoms with Gasteiger partial charge >= 0.3 is 0 Å². The summed E-state index contributed by atoms with van der Waals surface area (Å²) in [5.74, 6) is 0.414. The Morgan fingerprint density at radius 2 is 2.00 bits per heavy atom. The molecule has 0 bridgehead atoms. The Hall–Kier alpha value is -2.66. The van der Waals surface area contributed by atoms with Gasteiger partial charge in [0.2, 0.25) is 0 Å². The maximum atomic E-state index is 12.5. The van der Waals surface area contributed by atoms with Crippen molar-refractivity contribution in [1.29, 1.82) is 0 Å².